The molecule has 8 N–H and O–H groups in total. The Kier molecular flexibility index (Phi) is 5.18. The molecule has 4 atom stereocenters. The fourth-order valence-corrected chi connectivity index (χ4v) is 5.71. The van der Waals surface area contributed by atoms with Crippen LogP contribution < -0.4 is 16.4 Å². The molecule has 1 fully saturated rings. The number of Topliss-reactive ketones (excluding diaryl/α,β-unsaturated/α-hetero) is 2. The lowest BCUT2D eigenvalue weighted by atomic mass is 9.57. The van der Waals surface area contributed by atoms with E-state index < -0.39 is 63.8 Å². The maximum absolute atomic E-state index is 13.7. The van der Waals surface area contributed by atoms with Gasteiger partial charge in [-0.25, -0.2) is 0 Å². The van der Waals surface area contributed by atoms with Gasteiger partial charge in [-0.1, -0.05) is 0 Å². The summed E-state index contributed by atoms with van der Waals surface area (Å²) in [5.74, 6) is -6.95. The van der Waals surface area contributed by atoms with E-state index >= 15 is 0 Å². The summed E-state index contributed by atoms with van der Waals surface area (Å²) in [6.45, 7) is 0. The number of ketones is 2. The summed E-state index contributed by atoms with van der Waals surface area (Å²) < 4.78 is 0. The second-order valence-electron chi connectivity index (χ2n) is 9.54. The zero-order chi connectivity index (χ0) is 25.4. The Morgan fingerprint density at radius 1 is 1.15 bits per heavy atom. The van der Waals surface area contributed by atoms with E-state index in [4.69, 9.17) is 11.5 Å². The molecule has 0 unspecified atom stereocenters. The minimum Gasteiger partial charge on any atom is -0.508 e. The van der Waals surface area contributed by atoms with Crippen LogP contribution in [0.4, 0.5) is 11.4 Å². The third-order valence-corrected chi connectivity index (χ3v) is 7.21. The van der Waals surface area contributed by atoms with Gasteiger partial charge in [0.05, 0.1) is 17.3 Å². The van der Waals surface area contributed by atoms with Crippen LogP contribution in [0.25, 0.3) is 5.76 Å². The molecule has 3 aliphatic carbocycles. The molecule has 0 spiro atoms. The number of phenols is 1. The first-order chi connectivity index (χ1) is 15.7. The van der Waals surface area contributed by atoms with E-state index in [9.17, 15) is 34.8 Å². The summed E-state index contributed by atoms with van der Waals surface area (Å²) in [5.41, 5.74) is 8.68. The van der Waals surface area contributed by atoms with Gasteiger partial charge < -0.3 is 36.8 Å². The molecule has 182 valence electrons. The zero-order valence-corrected chi connectivity index (χ0v) is 19.3. The Hall–Kier alpha value is -3.57. The number of benzene rings is 1. The van der Waals surface area contributed by atoms with E-state index in [-0.39, 0.29) is 29.7 Å². The predicted octanol–water partition coefficient (Wildman–Crippen LogP) is -0.388. The average Bonchev–Trinajstić information content (AvgIpc) is 2.72. The van der Waals surface area contributed by atoms with E-state index in [1.54, 1.807) is 39.2 Å². The summed E-state index contributed by atoms with van der Waals surface area (Å²) in [5, 5.41) is 44.2. The number of anilines is 2. The van der Waals surface area contributed by atoms with Gasteiger partial charge in [0.2, 0.25) is 5.78 Å². The number of primary amides is 1. The molecular weight excluding hydrogens is 444 g/mol. The molecular formula is C23H28N4O7. The van der Waals surface area contributed by atoms with E-state index in [0.717, 1.165) is 0 Å². The monoisotopic (exact) mass is 472 g/mol. The number of hydrogen-bond acceptors (Lipinski definition) is 10. The van der Waals surface area contributed by atoms with Gasteiger partial charge in [0, 0.05) is 31.3 Å². The molecule has 0 aliphatic heterocycles. The normalized spacial score (nSPS) is 28.6. The van der Waals surface area contributed by atoms with Crippen LogP contribution >= 0.6 is 0 Å². The van der Waals surface area contributed by atoms with Crippen molar-refractivity contribution in [2.45, 2.75) is 24.5 Å². The molecule has 11 nitrogen and oxygen atoms in total. The lowest BCUT2D eigenvalue weighted by Crippen LogP contribution is -2.65. The topological polar surface area (TPSA) is 191 Å². The average molecular weight is 472 g/mol. The third-order valence-electron chi connectivity index (χ3n) is 7.21. The van der Waals surface area contributed by atoms with Crippen LogP contribution in [0.2, 0.25) is 0 Å². The number of rotatable bonds is 3. The molecule has 11 heteroatoms. The van der Waals surface area contributed by atoms with Crippen molar-refractivity contribution >= 4 is 34.6 Å². The van der Waals surface area contributed by atoms with Crippen molar-refractivity contribution in [1.82, 2.24) is 4.90 Å². The molecule has 34 heavy (non-hydrogen) atoms. The summed E-state index contributed by atoms with van der Waals surface area (Å²) in [4.78, 5) is 42.0. The molecule has 3 aliphatic rings. The van der Waals surface area contributed by atoms with Gasteiger partial charge >= 0.3 is 0 Å². The van der Waals surface area contributed by atoms with Crippen molar-refractivity contribution in [1.29, 1.82) is 0 Å². The first-order valence-electron chi connectivity index (χ1n) is 10.7. The first kappa shape index (κ1) is 23.6. The summed E-state index contributed by atoms with van der Waals surface area (Å²) in [7, 11) is 6.64. The number of nitrogens with two attached hydrogens (primary N) is 2. The second-order valence-corrected chi connectivity index (χ2v) is 9.54. The number of carbonyl (C=O) groups excluding carboxylic acids is 3. The Bertz CT molecular complexity index is 1220. The molecule has 1 aromatic rings. The highest BCUT2D eigenvalue weighted by molar-refractivity contribution is 6.24. The van der Waals surface area contributed by atoms with E-state index in [2.05, 4.69) is 0 Å². The van der Waals surface area contributed by atoms with Crippen LogP contribution in [-0.2, 0) is 20.8 Å². The Morgan fingerprint density at radius 2 is 1.76 bits per heavy atom. The van der Waals surface area contributed by atoms with Gasteiger partial charge in [-0.2, -0.15) is 0 Å². The van der Waals surface area contributed by atoms with Crippen LogP contribution in [0.5, 0.6) is 5.75 Å². The number of hydrogen-bond donors (Lipinski definition) is 6. The van der Waals surface area contributed by atoms with E-state index in [1.807, 2.05) is 0 Å². The SMILES string of the molecule is CN(C)c1cc(N)c(O)c2c1C[C@@H]1C[C@@H]3[C@@H](N(C)C)C(=O)C(C(N)=O)=C(O)[C@]3(O)C(=O)C1=C2O. The van der Waals surface area contributed by atoms with E-state index in [0.29, 0.717) is 11.3 Å². The molecule has 0 saturated heterocycles. The van der Waals surface area contributed by atoms with Gasteiger partial charge in [0.25, 0.3) is 5.91 Å². The molecule has 4 rings (SSSR count). The van der Waals surface area contributed by atoms with Gasteiger partial charge in [0.1, 0.15) is 22.8 Å². The second kappa shape index (κ2) is 7.47. The number of aliphatic hydroxyl groups excluding tert-OH is 2. The first-order valence-corrected chi connectivity index (χ1v) is 10.7. The molecule has 0 radical (unpaired) electrons. The number of aromatic hydroxyl groups is 1. The lowest BCUT2D eigenvalue weighted by molar-refractivity contribution is -0.153. The van der Waals surface area contributed by atoms with Gasteiger partial charge in [0.15, 0.2) is 11.4 Å². The molecule has 0 bridgehead atoms. The smallest absolute Gasteiger partial charge is 0.255 e. The summed E-state index contributed by atoms with van der Waals surface area (Å²) in [6.07, 6.45) is 0.236. The molecule has 1 amide bonds. The van der Waals surface area contributed by atoms with Crippen molar-refractivity contribution in [3.05, 3.63) is 34.1 Å². The number of amides is 1. The van der Waals surface area contributed by atoms with Crippen molar-refractivity contribution in [2.75, 3.05) is 38.8 Å². The van der Waals surface area contributed by atoms with Gasteiger partial charge in [-0.3, -0.25) is 19.3 Å². The number of carbonyl (C=O) groups is 3. The Morgan fingerprint density at radius 3 is 2.29 bits per heavy atom. The van der Waals surface area contributed by atoms with Crippen LogP contribution in [-0.4, -0.2) is 82.6 Å². The number of aliphatic hydroxyl groups is 3. The minimum atomic E-state index is -2.66. The highest BCUT2D eigenvalue weighted by Gasteiger charge is 2.64. The van der Waals surface area contributed by atoms with Crippen molar-refractivity contribution in [2.24, 2.45) is 17.6 Å². The van der Waals surface area contributed by atoms with Crippen LogP contribution in [0.1, 0.15) is 17.5 Å². The van der Waals surface area contributed by atoms with Crippen LogP contribution in [0.3, 0.4) is 0 Å². The quantitative estimate of drug-likeness (QED) is 0.192. The Labute approximate surface area is 195 Å². The summed E-state index contributed by atoms with van der Waals surface area (Å²) in [6, 6.07) is 0.444. The highest BCUT2D eigenvalue weighted by atomic mass is 16.3. The van der Waals surface area contributed by atoms with Crippen LogP contribution in [0.15, 0.2) is 23.0 Å². The standard InChI is InChI=1S/C23H28N4O7/c1-26(2)12-7-11(24)17(28)14-9(12)5-8-6-10-16(27(3)4)19(30)15(22(25)33)21(32)23(10,34)20(31)13(8)18(14)29/h7-8,10,16,28-29,32,34H,5-6,24H2,1-4H3,(H2,25,33)/t8-,10-,16-,23-/m1/s1. The summed E-state index contributed by atoms with van der Waals surface area (Å²) >= 11 is 0. The molecule has 0 aromatic heterocycles. The van der Waals surface area contributed by atoms with Gasteiger partial charge in [-0.15, -0.1) is 0 Å². The Balaban J connectivity index is 2.01. The van der Waals surface area contributed by atoms with Crippen molar-refractivity contribution in [3.8, 4) is 5.75 Å². The maximum atomic E-state index is 13.7. The zero-order valence-electron chi connectivity index (χ0n) is 19.3. The number of phenolic OH excluding ortho intramolecular Hbond substituents is 1. The lowest BCUT2D eigenvalue weighted by Gasteiger charge is -2.50. The van der Waals surface area contributed by atoms with Gasteiger partial charge in [-0.05, 0) is 44.5 Å². The van der Waals surface area contributed by atoms with Crippen molar-refractivity contribution < 1.29 is 34.8 Å². The minimum absolute atomic E-state index is 0.0115. The third kappa shape index (κ3) is 2.86. The molecule has 1 aromatic carbocycles. The fourth-order valence-electron chi connectivity index (χ4n) is 5.71. The van der Waals surface area contributed by atoms with Crippen molar-refractivity contribution in [3.63, 3.8) is 0 Å². The largest absolute Gasteiger partial charge is 0.508 e. The molecule has 1 saturated carbocycles. The fraction of sp³-hybridized carbons (Fsp3) is 0.435. The molecule has 0 heterocycles. The van der Waals surface area contributed by atoms with E-state index in [1.165, 1.54) is 4.90 Å². The number of nitrogens with zero attached hydrogens (tertiary/aromatic N) is 2. The predicted molar refractivity (Wildman–Crippen MR) is 123 cm³/mol. The number of nitrogen functional groups attached to an aromatic ring is 1. The highest BCUT2D eigenvalue weighted by Crippen LogP contribution is 2.54. The maximum Gasteiger partial charge on any atom is 0.255 e. The van der Waals surface area contributed by atoms with Crippen LogP contribution in [0, 0.1) is 11.8 Å². The number of fused-ring (bicyclic) bond motifs is 3. The number of likely N-dealkylation sites (N-methyl/N-ethyl adjacent to an activating group) is 1.